The Morgan fingerprint density at radius 1 is 1.32 bits per heavy atom. The number of hydrogen-bond acceptors (Lipinski definition) is 5. The van der Waals surface area contributed by atoms with E-state index in [4.69, 9.17) is 5.73 Å². The molecule has 2 aromatic rings. The minimum Gasteiger partial charge on any atom is -0.394 e. The highest BCUT2D eigenvalue weighted by Gasteiger charge is 2.07. The third kappa shape index (κ3) is 3.25. The summed E-state index contributed by atoms with van der Waals surface area (Å²) in [5.74, 6) is 0.620. The second-order valence-corrected chi connectivity index (χ2v) is 6.39. The van der Waals surface area contributed by atoms with Crippen LogP contribution in [0.3, 0.4) is 0 Å². The van der Waals surface area contributed by atoms with Crippen LogP contribution in [0.1, 0.15) is 5.56 Å². The number of aryl methyl sites for hydroxylation is 1. The van der Waals surface area contributed by atoms with Crippen molar-refractivity contribution in [3.8, 4) is 0 Å². The first kappa shape index (κ1) is 13.4. The first-order chi connectivity index (χ1) is 8.86. The number of nitrogen functional groups attached to an aromatic ring is 1. The van der Waals surface area contributed by atoms with E-state index in [1.807, 2.05) is 0 Å². The molecule has 0 aliphatic rings. The van der Waals surface area contributed by atoms with Crippen LogP contribution in [0, 0.1) is 0 Å². The van der Waals surface area contributed by atoms with Crippen LogP contribution in [0.2, 0.25) is 0 Å². The molecule has 0 saturated heterocycles. The van der Waals surface area contributed by atoms with E-state index in [9.17, 15) is 8.42 Å². The van der Waals surface area contributed by atoms with Crippen LogP contribution in [-0.2, 0) is 23.4 Å². The standard InChI is InChI=1S/C12H16N4O2S/c1-16-8-11(13)12(15-16)14-7-9-3-5-10(6-4-9)19(2,17)18/h3-6,8H,7,13H2,1-2H3,(H,14,15). The highest BCUT2D eigenvalue weighted by Crippen LogP contribution is 2.16. The molecule has 102 valence electrons. The Hall–Kier alpha value is -2.02. The van der Waals surface area contributed by atoms with Crippen LogP contribution in [-0.4, -0.2) is 24.5 Å². The summed E-state index contributed by atoms with van der Waals surface area (Å²) in [4.78, 5) is 0.314. The van der Waals surface area contributed by atoms with E-state index < -0.39 is 9.84 Å². The van der Waals surface area contributed by atoms with E-state index in [2.05, 4.69) is 10.4 Å². The van der Waals surface area contributed by atoms with Gasteiger partial charge >= 0.3 is 0 Å². The molecular weight excluding hydrogens is 264 g/mol. The molecule has 0 aliphatic heterocycles. The van der Waals surface area contributed by atoms with E-state index in [1.165, 1.54) is 6.26 Å². The van der Waals surface area contributed by atoms with Gasteiger partial charge in [-0.1, -0.05) is 12.1 Å². The molecule has 3 N–H and O–H groups in total. The molecule has 0 unspecified atom stereocenters. The van der Waals surface area contributed by atoms with Gasteiger partial charge in [-0.15, -0.1) is 0 Å². The number of benzene rings is 1. The van der Waals surface area contributed by atoms with E-state index in [0.717, 1.165) is 5.56 Å². The Labute approximate surface area is 112 Å². The fourth-order valence-corrected chi connectivity index (χ4v) is 2.31. The normalized spacial score (nSPS) is 11.5. The van der Waals surface area contributed by atoms with Gasteiger partial charge in [0.25, 0.3) is 0 Å². The van der Waals surface area contributed by atoms with Gasteiger partial charge in [0.15, 0.2) is 15.7 Å². The minimum absolute atomic E-state index is 0.314. The molecule has 0 aliphatic carbocycles. The Kier molecular flexibility index (Phi) is 3.48. The summed E-state index contributed by atoms with van der Waals surface area (Å²) in [7, 11) is -1.35. The first-order valence-corrected chi connectivity index (χ1v) is 7.57. The van der Waals surface area contributed by atoms with Crippen LogP contribution in [0.5, 0.6) is 0 Å². The average molecular weight is 280 g/mol. The van der Waals surface area contributed by atoms with Crippen molar-refractivity contribution in [1.29, 1.82) is 0 Å². The summed E-state index contributed by atoms with van der Waals surface area (Å²) in [6.45, 7) is 0.533. The number of aromatic nitrogens is 2. The molecule has 0 saturated carbocycles. The van der Waals surface area contributed by atoms with Gasteiger partial charge in [-0.2, -0.15) is 5.10 Å². The third-order valence-corrected chi connectivity index (χ3v) is 3.80. The predicted octanol–water partition coefficient (Wildman–Crippen LogP) is 1.02. The number of sulfone groups is 1. The largest absolute Gasteiger partial charge is 0.394 e. The Balaban J connectivity index is 2.07. The zero-order valence-corrected chi connectivity index (χ0v) is 11.6. The molecule has 7 heteroatoms. The maximum absolute atomic E-state index is 11.3. The topological polar surface area (TPSA) is 90.0 Å². The molecule has 0 radical (unpaired) electrons. The molecule has 0 atom stereocenters. The maximum atomic E-state index is 11.3. The molecule has 19 heavy (non-hydrogen) atoms. The van der Waals surface area contributed by atoms with Gasteiger partial charge in [0.1, 0.15) is 0 Å². The maximum Gasteiger partial charge on any atom is 0.175 e. The second kappa shape index (κ2) is 4.93. The van der Waals surface area contributed by atoms with E-state index in [1.54, 1.807) is 42.2 Å². The zero-order valence-electron chi connectivity index (χ0n) is 10.8. The third-order valence-electron chi connectivity index (χ3n) is 2.67. The number of rotatable bonds is 4. The molecule has 1 aromatic heterocycles. The average Bonchev–Trinajstić information content (AvgIpc) is 2.65. The zero-order chi connectivity index (χ0) is 14.0. The van der Waals surface area contributed by atoms with E-state index in [-0.39, 0.29) is 0 Å². The monoisotopic (exact) mass is 280 g/mol. The number of anilines is 2. The van der Waals surface area contributed by atoms with E-state index in [0.29, 0.717) is 22.9 Å². The summed E-state index contributed by atoms with van der Waals surface area (Å²) in [6, 6.07) is 6.72. The van der Waals surface area contributed by atoms with Gasteiger partial charge in [-0.25, -0.2) is 8.42 Å². The Bertz CT molecular complexity index is 674. The Morgan fingerprint density at radius 2 is 1.95 bits per heavy atom. The lowest BCUT2D eigenvalue weighted by Crippen LogP contribution is -2.03. The molecule has 1 aromatic carbocycles. The predicted molar refractivity (Wildman–Crippen MR) is 74.5 cm³/mol. The van der Waals surface area contributed by atoms with Gasteiger partial charge in [0.2, 0.25) is 0 Å². The lowest BCUT2D eigenvalue weighted by atomic mass is 10.2. The quantitative estimate of drug-likeness (QED) is 0.872. The van der Waals surface area contributed by atoms with Gasteiger partial charge in [-0.3, -0.25) is 4.68 Å². The first-order valence-electron chi connectivity index (χ1n) is 5.68. The van der Waals surface area contributed by atoms with Crippen molar-refractivity contribution in [3.63, 3.8) is 0 Å². The number of nitrogens with zero attached hydrogens (tertiary/aromatic N) is 2. The van der Waals surface area contributed by atoms with Crippen LogP contribution in [0.25, 0.3) is 0 Å². The van der Waals surface area contributed by atoms with Crippen LogP contribution in [0.15, 0.2) is 35.4 Å². The molecule has 2 rings (SSSR count). The van der Waals surface area contributed by atoms with Crippen LogP contribution < -0.4 is 11.1 Å². The second-order valence-electron chi connectivity index (χ2n) is 4.38. The summed E-state index contributed by atoms with van der Waals surface area (Å²) in [5.41, 5.74) is 7.30. The molecule has 0 spiro atoms. The lowest BCUT2D eigenvalue weighted by Gasteiger charge is -2.05. The van der Waals surface area contributed by atoms with Crippen molar-refractivity contribution < 1.29 is 8.42 Å². The van der Waals surface area contributed by atoms with Gasteiger partial charge in [-0.05, 0) is 17.7 Å². The fraction of sp³-hybridized carbons (Fsp3) is 0.250. The van der Waals surface area contributed by atoms with Crippen molar-refractivity contribution in [2.45, 2.75) is 11.4 Å². The van der Waals surface area contributed by atoms with Crippen LogP contribution >= 0.6 is 0 Å². The van der Waals surface area contributed by atoms with Crippen molar-refractivity contribution in [1.82, 2.24) is 9.78 Å². The van der Waals surface area contributed by atoms with Crippen molar-refractivity contribution in [2.24, 2.45) is 7.05 Å². The van der Waals surface area contributed by atoms with Gasteiger partial charge in [0.05, 0.1) is 10.6 Å². The van der Waals surface area contributed by atoms with Crippen molar-refractivity contribution in [2.75, 3.05) is 17.3 Å². The number of nitrogens with one attached hydrogen (secondary N) is 1. The summed E-state index contributed by atoms with van der Waals surface area (Å²) in [5, 5.41) is 7.27. The molecule has 6 nitrogen and oxygen atoms in total. The van der Waals surface area contributed by atoms with Gasteiger partial charge < -0.3 is 11.1 Å². The highest BCUT2D eigenvalue weighted by atomic mass is 32.2. The van der Waals surface area contributed by atoms with Crippen LogP contribution in [0.4, 0.5) is 11.5 Å². The summed E-state index contributed by atoms with van der Waals surface area (Å²) in [6.07, 6.45) is 2.91. The lowest BCUT2D eigenvalue weighted by molar-refractivity contribution is 0.602. The van der Waals surface area contributed by atoms with Crippen molar-refractivity contribution >= 4 is 21.3 Å². The molecule has 0 bridgehead atoms. The summed E-state index contributed by atoms with van der Waals surface area (Å²) >= 11 is 0. The minimum atomic E-state index is -3.15. The van der Waals surface area contributed by atoms with E-state index >= 15 is 0 Å². The molecule has 0 amide bonds. The fourth-order valence-electron chi connectivity index (χ4n) is 1.68. The Morgan fingerprint density at radius 3 is 2.42 bits per heavy atom. The number of hydrogen-bond donors (Lipinski definition) is 2. The highest BCUT2D eigenvalue weighted by molar-refractivity contribution is 7.90. The molecule has 0 fully saturated rings. The summed E-state index contributed by atoms with van der Waals surface area (Å²) < 4.78 is 24.3. The molecular formula is C12H16N4O2S. The number of nitrogens with two attached hydrogens (primary N) is 1. The SMILES string of the molecule is Cn1cc(N)c(NCc2ccc(S(C)(=O)=O)cc2)n1. The molecule has 1 heterocycles. The van der Waals surface area contributed by atoms with Crippen molar-refractivity contribution in [3.05, 3.63) is 36.0 Å². The smallest absolute Gasteiger partial charge is 0.175 e. The van der Waals surface area contributed by atoms with Gasteiger partial charge in [0, 0.05) is 26.0 Å².